The molecule has 0 atom stereocenters. The van der Waals surface area contributed by atoms with Crippen molar-refractivity contribution in [3.05, 3.63) is 115 Å². The van der Waals surface area contributed by atoms with E-state index < -0.39 is 0 Å². The molecule has 0 radical (unpaired) electrons. The van der Waals surface area contributed by atoms with Crippen molar-refractivity contribution in [2.75, 3.05) is 0 Å². The molecule has 5 rings (SSSR count). The normalized spacial score (nSPS) is 11.3. The molecule has 0 aliphatic heterocycles. The molecule has 128 valence electrons. The molecule has 0 saturated carbocycles. The lowest BCUT2D eigenvalue weighted by atomic mass is 10.0. The predicted octanol–water partition coefficient (Wildman–Crippen LogP) is 7.09. The molecule has 5 aromatic carbocycles. The zero-order valence-electron chi connectivity index (χ0n) is 14.9. The second-order valence-corrected chi connectivity index (χ2v) is 8.57. The van der Waals surface area contributed by atoms with Crippen molar-refractivity contribution in [2.24, 2.45) is 0 Å². The van der Waals surface area contributed by atoms with Crippen molar-refractivity contribution in [1.82, 2.24) is 0 Å². The van der Waals surface area contributed by atoms with E-state index in [4.69, 9.17) is 0 Å². The molecule has 1 heteroatoms. The highest BCUT2D eigenvalue weighted by Crippen LogP contribution is 2.37. The summed E-state index contributed by atoms with van der Waals surface area (Å²) in [7, 11) is -0.132. The van der Waals surface area contributed by atoms with Crippen LogP contribution < -0.4 is 0 Å². The summed E-state index contributed by atoms with van der Waals surface area (Å²) >= 11 is 0. The molecule has 5 aromatic rings. The Balaban J connectivity index is 1.82. The lowest BCUT2D eigenvalue weighted by Gasteiger charge is -2.11. The van der Waals surface area contributed by atoms with E-state index in [1.165, 1.54) is 36.2 Å². The van der Waals surface area contributed by atoms with Crippen LogP contribution in [0.3, 0.4) is 0 Å². The third-order valence-corrected chi connectivity index (χ3v) is 7.21. The molecule has 0 N–H and O–H groups in total. The minimum atomic E-state index is -0.132. The maximum absolute atomic E-state index is 2.29. The number of rotatable bonds is 3. The highest BCUT2D eigenvalue weighted by atomic mass is 32.2. The molecule has 0 amide bonds. The van der Waals surface area contributed by atoms with Gasteiger partial charge in [-0.2, -0.15) is 0 Å². The summed E-state index contributed by atoms with van der Waals surface area (Å²) in [6, 6.07) is 41.7. The third-order valence-electron chi connectivity index (χ3n) is 4.92. The van der Waals surface area contributed by atoms with Crippen molar-refractivity contribution in [1.29, 1.82) is 0 Å². The van der Waals surface area contributed by atoms with Crippen LogP contribution >= 0.6 is 0 Å². The molecule has 0 saturated heterocycles. The summed E-state index contributed by atoms with van der Waals surface area (Å²) in [5, 5.41) is 5.28. The summed E-state index contributed by atoms with van der Waals surface area (Å²) in [4.78, 5) is 4.09. The minimum absolute atomic E-state index is 0.132. The molecule has 0 aliphatic rings. The van der Waals surface area contributed by atoms with Crippen molar-refractivity contribution >= 4 is 32.4 Å². The fourth-order valence-corrected chi connectivity index (χ4v) is 5.94. The van der Waals surface area contributed by atoms with Gasteiger partial charge in [0, 0.05) is 5.39 Å². The molecule has 0 unspecified atom stereocenters. The molecule has 0 bridgehead atoms. The van der Waals surface area contributed by atoms with E-state index in [0.717, 1.165) is 0 Å². The molecular weight excluding hydrogens is 344 g/mol. The van der Waals surface area contributed by atoms with E-state index in [1.54, 1.807) is 0 Å². The largest absolute Gasteiger partial charge is 0.174 e. The van der Waals surface area contributed by atoms with Crippen molar-refractivity contribution < 1.29 is 0 Å². The van der Waals surface area contributed by atoms with Gasteiger partial charge in [-0.05, 0) is 52.6 Å². The standard InChI is InChI=1S/C26H19S/c1-3-11-21(12-4-1)27(22-13-5-2-6-14-22)26-17-9-16-24-23-15-8-7-10-20(23)18-19-25(24)26/h1-19H/q+1. The Labute approximate surface area is 162 Å². The van der Waals surface area contributed by atoms with E-state index >= 15 is 0 Å². The summed E-state index contributed by atoms with van der Waals surface area (Å²) in [5.41, 5.74) is 0. The first-order valence-corrected chi connectivity index (χ1v) is 10.4. The average molecular weight is 364 g/mol. The quantitative estimate of drug-likeness (QED) is 0.237. The summed E-state index contributed by atoms with van der Waals surface area (Å²) in [5.74, 6) is 0. The van der Waals surface area contributed by atoms with Gasteiger partial charge in [-0.1, -0.05) is 78.9 Å². The van der Waals surface area contributed by atoms with Crippen molar-refractivity contribution in [2.45, 2.75) is 14.7 Å². The van der Waals surface area contributed by atoms with Gasteiger partial charge in [-0.3, -0.25) is 0 Å². The van der Waals surface area contributed by atoms with Gasteiger partial charge in [0.05, 0.1) is 10.9 Å². The van der Waals surface area contributed by atoms with Gasteiger partial charge in [0.25, 0.3) is 0 Å². The number of hydrogen-bond donors (Lipinski definition) is 0. The van der Waals surface area contributed by atoms with E-state index in [0.29, 0.717) is 0 Å². The van der Waals surface area contributed by atoms with Crippen LogP contribution in [0.5, 0.6) is 0 Å². The molecule has 27 heavy (non-hydrogen) atoms. The average Bonchev–Trinajstić information content (AvgIpc) is 2.75. The Kier molecular flexibility index (Phi) is 4.16. The monoisotopic (exact) mass is 363 g/mol. The van der Waals surface area contributed by atoms with Gasteiger partial charge in [0.15, 0.2) is 14.7 Å². The lowest BCUT2D eigenvalue weighted by Crippen LogP contribution is -2.05. The Morgan fingerprint density at radius 2 is 0.963 bits per heavy atom. The number of fused-ring (bicyclic) bond motifs is 3. The van der Waals surface area contributed by atoms with Crippen LogP contribution in [-0.4, -0.2) is 0 Å². The van der Waals surface area contributed by atoms with Crippen LogP contribution in [0, 0.1) is 0 Å². The van der Waals surface area contributed by atoms with Crippen LogP contribution in [-0.2, 0) is 10.9 Å². The second kappa shape index (κ2) is 6.94. The lowest BCUT2D eigenvalue weighted by molar-refractivity contribution is 1.34. The summed E-state index contributed by atoms with van der Waals surface area (Å²) in [6.45, 7) is 0. The van der Waals surface area contributed by atoms with E-state index in [1.807, 2.05) is 0 Å². The first-order chi connectivity index (χ1) is 13.4. The Morgan fingerprint density at radius 1 is 0.370 bits per heavy atom. The minimum Gasteiger partial charge on any atom is -0.0619 e. The van der Waals surface area contributed by atoms with E-state index in [-0.39, 0.29) is 10.9 Å². The van der Waals surface area contributed by atoms with E-state index in [9.17, 15) is 0 Å². The fraction of sp³-hybridized carbons (Fsp3) is 0. The topological polar surface area (TPSA) is 0 Å². The Hall–Kier alpha value is -3.03. The predicted molar refractivity (Wildman–Crippen MR) is 117 cm³/mol. The highest BCUT2D eigenvalue weighted by molar-refractivity contribution is 7.97. The van der Waals surface area contributed by atoms with Crippen LogP contribution in [0.4, 0.5) is 0 Å². The van der Waals surface area contributed by atoms with Gasteiger partial charge in [0.1, 0.15) is 0 Å². The van der Waals surface area contributed by atoms with Crippen molar-refractivity contribution in [3.8, 4) is 0 Å². The van der Waals surface area contributed by atoms with Gasteiger partial charge in [-0.25, -0.2) is 0 Å². The van der Waals surface area contributed by atoms with Gasteiger partial charge in [0.2, 0.25) is 0 Å². The van der Waals surface area contributed by atoms with Crippen LogP contribution in [0.25, 0.3) is 21.5 Å². The van der Waals surface area contributed by atoms with Crippen LogP contribution in [0.1, 0.15) is 0 Å². The first-order valence-electron chi connectivity index (χ1n) is 9.17. The maximum atomic E-state index is 2.29. The SMILES string of the molecule is c1ccc([S+](c2ccccc2)c2cccc3c2ccc2ccccc23)cc1. The summed E-state index contributed by atoms with van der Waals surface area (Å²) < 4.78 is 0. The second-order valence-electron chi connectivity index (χ2n) is 6.57. The molecule has 0 spiro atoms. The summed E-state index contributed by atoms with van der Waals surface area (Å²) in [6.07, 6.45) is 0. The first kappa shape index (κ1) is 16.2. The number of hydrogen-bond acceptors (Lipinski definition) is 0. The maximum Gasteiger partial charge on any atom is 0.174 e. The van der Waals surface area contributed by atoms with Gasteiger partial charge >= 0.3 is 0 Å². The number of benzene rings is 5. The third kappa shape index (κ3) is 2.90. The molecule has 0 nitrogen and oxygen atoms in total. The molecule has 0 heterocycles. The Bertz CT molecular complexity index is 1170. The van der Waals surface area contributed by atoms with Gasteiger partial charge < -0.3 is 0 Å². The van der Waals surface area contributed by atoms with E-state index in [2.05, 4.69) is 115 Å². The molecular formula is C26H19S+. The Morgan fingerprint density at radius 3 is 1.67 bits per heavy atom. The van der Waals surface area contributed by atoms with Crippen molar-refractivity contribution in [3.63, 3.8) is 0 Å². The molecule has 0 fully saturated rings. The van der Waals surface area contributed by atoms with Gasteiger partial charge in [-0.15, -0.1) is 0 Å². The van der Waals surface area contributed by atoms with Crippen LogP contribution in [0.2, 0.25) is 0 Å². The molecule has 0 aromatic heterocycles. The smallest absolute Gasteiger partial charge is 0.0619 e. The zero-order chi connectivity index (χ0) is 18.1. The highest BCUT2D eigenvalue weighted by Gasteiger charge is 2.30. The zero-order valence-corrected chi connectivity index (χ0v) is 15.7. The fourth-order valence-electron chi connectivity index (χ4n) is 3.69. The molecule has 0 aliphatic carbocycles. The van der Waals surface area contributed by atoms with Crippen LogP contribution in [0.15, 0.2) is 130 Å².